The topological polar surface area (TPSA) is 29.9 Å². The first kappa shape index (κ1) is 12.1. The van der Waals surface area contributed by atoms with Crippen molar-refractivity contribution in [3.8, 4) is 5.69 Å². The van der Waals surface area contributed by atoms with Gasteiger partial charge in [0.1, 0.15) is 0 Å². The van der Waals surface area contributed by atoms with E-state index in [0.29, 0.717) is 0 Å². The second-order valence-electron chi connectivity index (χ2n) is 3.96. The fourth-order valence-electron chi connectivity index (χ4n) is 1.73. The van der Waals surface area contributed by atoms with E-state index in [4.69, 9.17) is 11.6 Å². The molecule has 0 aliphatic carbocycles. The first-order chi connectivity index (χ1) is 8.20. The SMILES string of the molecule is CCNCc1cc(Cl)ccc1-n1ccc(C)n1. The van der Waals surface area contributed by atoms with Gasteiger partial charge in [0.25, 0.3) is 0 Å². The number of hydrogen-bond acceptors (Lipinski definition) is 2. The van der Waals surface area contributed by atoms with E-state index in [2.05, 4.69) is 17.3 Å². The number of halogens is 1. The van der Waals surface area contributed by atoms with Gasteiger partial charge in [0.2, 0.25) is 0 Å². The van der Waals surface area contributed by atoms with Crippen molar-refractivity contribution in [2.45, 2.75) is 20.4 Å². The van der Waals surface area contributed by atoms with Crippen molar-refractivity contribution in [2.24, 2.45) is 0 Å². The molecular weight excluding hydrogens is 234 g/mol. The van der Waals surface area contributed by atoms with Gasteiger partial charge >= 0.3 is 0 Å². The summed E-state index contributed by atoms with van der Waals surface area (Å²) in [5.41, 5.74) is 3.24. The zero-order valence-corrected chi connectivity index (χ0v) is 10.8. The first-order valence-electron chi connectivity index (χ1n) is 5.72. The van der Waals surface area contributed by atoms with Crippen LogP contribution in [0.4, 0.5) is 0 Å². The summed E-state index contributed by atoms with van der Waals surface area (Å²) in [5.74, 6) is 0. The second-order valence-corrected chi connectivity index (χ2v) is 4.39. The maximum Gasteiger partial charge on any atom is 0.0691 e. The molecule has 90 valence electrons. The molecule has 0 radical (unpaired) electrons. The van der Waals surface area contributed by atoms with Crippen molar-refractivity contribution >= 4 is 11.6 Å². The third-order valence-electron chi connectivity index (χ3n) is 2.58. The van der Waals surface area contributed by atoms with Crippen LogP contribution in [0.15, 0.2) is 30.5 Å². The molecule has 17 heavy (non-hydrogen) atoms. The van der Waals surface area contributed by atoms with Crippen LogP contribution >= 0.6 is 11.6 Å². The molecule has 1 N–H and O–H groups in total. The summed E-state index contributed by atoms with van der Waals surface area (Å²) in [6.45, 7) is 5.80. The van der Waals surface area contributed by atoms with Crippen LogP contribution in [0.3, 0.4) is 0 Å². The quantitative estimate of drug-likeness (QED) is 0.903. The van der Waals surface area contributed by atoms with Crippen LogP contribution in [0.25, 0.3) is 5.69 Å². The van der Waals surface area contributed by atoms with Gasteiger partial charge in [0.05, 0.1) is 11.4 Å². The highest BCUT2D eigenvalue weighted by atomic mass is 35.5. The average Bonchev–Trinajstić information content (AvgIpc) is 2.73. The summed E-state index contributed by atoms with van der Waals surface area (Å²) in [5, 5.41) is 8.49. The fraction of sp³-hybridized carbons (Fsp3) is 0.308. The molecule has 2 aromatic rings. The average molecular weight is 250 g/mol. The highest BCUT2D eigenvalue weighted by Gasteiger charge is 2.06. The maximum atomic E-state index is 6.03. The van der Waals surface area contributed by atoms with Crippen LogP contribution in [0.5, 0.6) is 0 Å². The molecule has 0 saturated heterocycles. The van der Waals surface area contributed by atoms with Crippen LogP contribution in [-0.2, 0) is 6.54 Å². The smallest absolute Gasteiger partial charge is 0.0691 e. The van der Waals surface area contributed by atoms with Gasteiger partial charge < -0.3 is 5.32 Å². The summed E-state index contributed by atoms with van der Waals surface area (Å²) >= 11 is 6.03. The molecule has 0 atom stereocenters. The molecule has 0 spiro atoms. The molecule has 0 aliphatic rings. The van der Waals surface area contributed by atoms with Crippen molar-refractivity contribution in [1.29, 1.82) is 0 Å². The molecule has 2 rings (SSSR count). The van der Waals surface area contributed by atoms with Gasteiger partial charge in [0.15, 0.2) is 0 Å². The highest BCUT2D eigenvalue weighted by Crippen LogP contribution is 2.19. The molecule has 1 heterocycles. The summed E-state index contributed by atoms with van der Waals surface area (Å²) in [6, 6.07) is 7.87. The predicted octanol–water partition coefficient (Wildman–Crippen LogP) is 2.94. The van der Waals surface area contributed by atoms with Crippen molar-refractivity contribution in [3.05, 3.63) is 46.7 Å². The lowest BCUT2D eigenvalue weighted by molar-refractivity contribution is 0.716. The minimum atomic E-state index is 0.755. The Morgan fingerprint density at radius 1 is 1.35 bits per heavy atom. The number of benzene rings is 1. The van der Waals surface area contributed by atoms with Crippen LogP contribution in [0.2, 0.25) is 5.02 Å². The number of hydrogen-bond donors (Lipinski definition) is 1. The maximum absolute atomic E-state index is 6.03. The molecule has 4 heteroatoms. The third kappa shape index (κ3) is 2.87. The van der Waals surface area contributed by atoms with Crippen molar-refractivity contribution in [1.82, 2.24) is 15.1 Å². The lowest BCUT2D eigenvalue weighted by Crippen LogP contribution is -2.14. The van der Waals surface area contributed by atoms with Crippen molar-refractivity contribution in [2.75, 3.05) is 6.54 Å². The van der Waals surface area contributed by atoms with Gasteiger partial charge in [0, 0.05) is 17.8 Å². The Balaban J connectivity index is 2.38. The highest BCUT2D eigenvalue weighted by molar-refractivity contribution is 6.30. The first-order valence-corrected chi connectivity index (χ1v) is 6.10. The zero-order chi connectivity index (χ0) is 12.3. The van der Waals surface area contributed by atoms with Crippen LogP contribution in [0.1, 0.15) is 18.2 Å². The van der Waals surface area contributed by atoms with Gasteiger partial charge in [-0.2, -0.15) is 5.10 Å². The number of aryl methyl sites for hydroxylation is 1. The van der Waals surface area contributed by atoms with Gasteiger partial charge in [-0.05, 0) is 43.3 Å². The summed E-state index contributed by atoms with van der Waals surface area (Å²) in [4.78, 5) is 0. The molecule has 1 aromatic carbocycles. The number of nitrogens with one attached hydrogen (secondary N) is 1. The van der Waals surface area contributed by atoms with E-state index in [1.165, 1.54) is 0 Å². The van der Waals surface area contributed by atoms with Crippen molar-refractivity contribution in [3.63, 3.8) is 0 Å². The lowest BCUT2D eigenvalue weighted by Gasteiger charge is -2.10. The summed E-state index contributed by atoms with van der Waals surface area (Å²) in [6.07, 6.45) is 1.97. The molecule has 0 fully saturated rings. The van der Waals surface area contributed by atoms with E-state index >= 15 is 0 Å². The molecule has 0 unspecified atom stereocenters. The Morgan fingerprint density at radius 2 is 2.18 bits per heavy atom. The number of rotatable bonds is 4. The van der Waals surface area contributed by atoms with E-state index < -0.39 is 0 Å². The summed E-state index contributed by atoms with van der Waals surface area (Å²) < 4.78 is 1.89. The Morgan fingerprint density at radius 3 is 2.82 bits per heavy atom. The second kappa shape index (κ2) is 5.34. The largest absolute Gasteiger partial charge is 0.313 e. The van der Waals surface area contributed by atoms with Crippen LogP contribution in [0, 0.1) is 6.92 Å². The number of nitrogens with zero attached hydrogens (tertiary/aromatic N) is 2. The minimum absolute atomic E-state index is 0.755. The van der Waals surface area contributed by atoms with Crippen LogP contribution in [-0.4, -0.2) is 16.3 Å². The monoisotopic (exact) mass is 249 g/mol. The van der Waals surface area contributed by atoms with E-state index in [-0.39, 0.29) is 0 Å². The normalized spacial score (nSPS) is 10.8. The lowest BCUT2D eigenvalue weighted by atomic mass is 10.2. The Labute approximate surface area is 106 Å². The molecule has 1 aromatic heterocycles. The van der Waals surface area contributed by atoms with E-state index in [1.807, 2.05) is 42.1 Å². The Kier molecular flexibility index (Phi) is 3.82. The molecule has 0 saturated carbocycles. The number of aromatic nitrogens is 2. The molecule has 0 bridgehead atoms. The third-order valence-corrected chi connectivity index (χ3v) is 2.81. The van der Waals surface area contributed by atoms with Crippen LogP contribution < -0.4 is 5.32 Å². The molecule has 0 aliphatic heterocycles. The van der Waals surface area contributed by atoms with E-state index in [0.717, 1.165) is 35.1 Å². The minimum Gasteiger partial charge on any atom is -0.313 e. The standard InChI is InChI=1S/C13H16ClN3/c1-3-15-9-11-8-12(14)4-5-13(11)17-7-6-10(2)16-17/h4-8,15H,3,9H2,1-2H3. The zero-order valence-electron chi connectivity index (χ0n) is 10.1. The van der Waals surface area contributed by atoms with Gasteiger partial charge in [-0.15, -0.1) is 0 Å². The molecule has 3 nitrogen and oxygen atoms in total. The Bertz CT molecular complexity index is 505. The van der Waals surface area contributed by atoms with Crippen molar-refractivity contribution < 1.29 is 0 Å². The van der Waals surface area contributed by atoms with E-state index in [9.17, 15) is 0 Å². The predicted molar refractivity (Wildman–Crippen MR) is 70.7 cm³/mol. The van der Waals surface area contributed by atoms with Gasteiger partial charge in [-0.3, -0.25) is 0 Å². The Hall–Kier alpha value is -1.32. The van der Waals surface area contributed by atoms with Gasteiger partial charge in [-0.25, -0.2) is 4.68 Å². The van der Waals surface area contributed by atoms with Gasteiger partial charge in [-0.1, -0.05) is 18.5 Å². The molecular formula is C13H16ClN3. The fourth-order valence-corrected chi connectivity index (χ4v) is 1.92. The molecule has 0 amide bonds. The summed E-state index contributed by atoms with van der Waals surface area (Å²) in [7, 11) is 0. The van der Waals surface area contributed by atoms with E-state index in [1.54, 1.807) is 0 Å².